The van der Waals surface area contributed by atoms with Crippen LogP contribution in [0.1, 0.15) is 70.7 Å². The van der Waals surface area contributed by atoms with Crippen LogP contribution in [0.3, 0.4) is 0 Å². The van der Waals surface area contributed by atoms with Crippen LogP contribution >= 0.6 is 0 Å². The summed E-state index contributed by atoms with van der Waals surface area (Å²) in [5.41, 5.74) is -0.220. The number of aromatic nitrogens is 2. The molecule has 5 rings (SSSR count). The van der Waals surface area contributed by atoms with Gasteiger partial charge in [0, 0.05) is 43.7 Å². The molecule has 0 unspecified atom stereocenters. The zero-order valence-electron chi connectivity index (χ0n) is 23.4. The third-order valence-corrected chi connectivity index (χ3v) is 7.61. The molecule has 1 aromatic heterocycles. The number of hydrogen-bond acceptors (Lipinski definition) is 7. The molecule has 39 heavy (non-hydrogen) atoms. The number of benzene rings is 1. The molecule has 0 radical (unpaired) electrons. The van der Waals surface area contributed by atoms with E-state index in [1.807, 2.05) is 39.5 Å². The van der Waals surface area contributed by atoms with Crippen LogP contribution in [-0.2, 0) is 4.74 Å². The molecular formula is C29H38FN5O4. The first-order chi connectivity index (χ1) is 18.4. The number of amides is 2. The van der Waals surface area contributed by atoms with Gasteiger partial charge in [0.05, 0.1) is 11.8 Å². The smallest absolute Gasteiger partial charge is 0.410 e. The molecule has 3 heterocycles. The van der Waals surface area contributed by atoms with E-state index in [-0.39, 0.29) is 40.8 Å². The quantitative estimate of drug-likeness (QED) is 0.495. The zero-order valence-corrected chi connectivity index (χ0v) is 23.4. The lowest BCUT2D eigenvalue weighted by Crippen LogP contribution is -2.61. The fraction of sp³-hybridized carbons (Fsp3) is 0.586. The summed E-state index contributed by atoms with van der Waals surface area (Å²) >= 11 is 0. The van der Waals surface area contributed by atoms with Crippen molar-refractivity contribution in [3.63, 3.8) is 0 Å². The maximum atomic E-state index is 14.3. The minimum absolute atomic E-state index is 0.00394. The Balaban J connectivity index is 1.28. The van der Waals surface area contributed by atoms with Crippen LogP contribution in [0.15, 0.2) is 30.7 Å². The van der Waals surface area contributed by atoms with Gasteiger partial charge < -0.3 is 24.2 Å². The molecule has 0 N–H and O–H groups in total. The van der Waals surface area contributed by atoms with Gasteiger partial charge in [-0.2, -0.15) is 0 Å². The topological polar surface area (TPSA) is 88.1 Å². The van der Waals surface area contributed by atoms with Crippen molar-refractivity contribution in [3.05, 3.63) is 42.1 Å². The minimum Gasteiger partial charge on any atom is -0.451 e. The van der Waals surface area contributed by atoms with Gasteiger partial charge in [-0.15, -0.1) is 0 Å². The number of nitrogens with zero attached hydrogens (tertiary/aromatic N) is 5. The second-order valence-electron chi connectivity index (χ2n) is 12.3. The molecule has 0 atom stereocenters. The van der Waals surface area contributed by atoms with E-state index in [0.29, 0.717) is 24.7 Å². The normalized spacial score (nSPS) is 18.6. The highest BCUT2D eigenvalue weighted by atomic mass is 19.1. The molecule has 3 aliphatic rings. The molecule has 0 bridgehead atoms. The molecule has 2 aliphatic heterocycles. The number of hydrogen-bond donors (Lipinski definition) is 0. The van der Waals surface area contributed by atoms with Crippen LogP contribution in [0.5, 0.6) is 11.5 Å². The van der Waals surface area contributed by atoms with Gasteiger partial charge in [-0.05, 0) is 78.5 Å². The van der Waals surface area contributed by atoms with Gasteiger partial charge in [0.25, 0.3) is 5.91 Å². The summed E-state index contributed by atoms with van der Waals surface area (Å²) < 4.78 is 26.0. The summed E-state index contributed by atoms with van der Waals surface area (Å²) in [5.74, 6) is 0.611. The summed E-state index contributed by atoms with van der Waals surface area (Å²) in [4.78, 5) is 40.3. The molecule has 1 aliphatic carbocycles. The van der Waals surface area contributed by atoms with E-state index in [4.69, 9.17) is 9.47 Å². The Labute approximate surface area is 229 Å². The van der Waals surface area contributed by atoms with Gasteiger partial charge in [0.2, 0.25) is 0 Å². The third-order valence-electron chi connectivity index (χ3n) is 7.61. The van der Waals surface area contributed by atoms with Crippen LogP contribution in [-0.4, -0.2) is 75.6 Å². The van der Waals surface area contributed by atoms with E-state index < -0.39 is 11.4 Å². The lowest BCUT2D eigenvalue weighted by molar-refractivity contribution is 0.00586. The average molecular weight is 540 g/mol. The van der Waals surface area contributed by atoms with Gasteiger partial charge in [-0.25, -0.2) is 19.2 Å². The zero-order chi connectivity index (χ0) is 27.9. The number of piperidine rings is 1. The second kappa shape index (κ2) is 10.3. The molecule has 3 fully saturated rings. The van der Waals surface area contributed by atoms with Crippen molar-refractivity contribution in [1.29, 1.82) is 0 Å². The van der Waals surface area contributed by atoms with Crippen molar-refractivity contribution in [1.82, 2.24) is 19.8 Å². The molecule has 1 saturated carbocycles. The van der Waals surface area contributed by atoms with E-state index in [0.717, 1.165) is 38.8 Å². The van der Waals surface area contributed by atoms with Crippen LogP contribution in [0.4, 0.5) is 15.0 Å². The highest BCUT2D eigenvalue weighted by Crippen LogP contribution is 2.45. The maximum Gasteiger partial charge on any atom is 0.410 e. The molecular weight excluding hydrogens is 501 g/mol. The van der Waals surface area contributed by atoms with E-state index >= 15 is 0 Å². The first-order valence-electron chi connectivity index (χ1n) is 13.8. The number of carbonyl (C=O) groups excluding carboxylic acids is 2. The Hall–Kier alpha value is -3.43. The molecule has 1 spiro atoms. The van der Waals surface area contributed by atoms with Gasteiger partial charge in [-0.1, -0.05) is 0 Å². The minimum atomic E-state index is -0.511. The highest BCUT2D eigenvalue weighted by Gasteiger charge is 2.47. The van der Waals surface area contributed by atoms with Crippen molar-refractivity contribution in [2.75, 3.05) is 31.1 Å². The summed E-state index contributed by atoms with van der Waals surface area (Å²) in [6, 6.07) is 4.22. The predicted molar refractivity (Wildman–Crippen MR) is 145 cm³/mol. The number of carbonyl (C=O) groups is 2. The van der Waals surface area contributed by atoms with Crippen LogP contribution < -0.4 is 9.64 Å². The van der Waals surface area contributed by atoms with Gasteiger partial charge in [0.15, 0.2) is 11.6 Å². The molecule has 2 saturated heterocycles. The molecule has 2 amide bonds. The summed E-state index contributed by atoms with van der Waals surface area (Å²) in [6.45, 7) is 12.4. The van der Waals surface area contributed by atoms with E-state index in [2.05, 4.69) is 14.9 Å². The van der Waals surface area contributed by atoms with E-state index in [1.165, 1.54) is 24.5 Å². The van der Waals surface area contributed by atoms with Gasteiger partial charge in [-0.3, -0.25) is 4.79 Å². The predicted octanol–water partition coefficient (Wildman–Crippen LogP) is 5.26. The average Bonchev–Trinajstić information content (AvgIpc) is 3.68. The van der Waals surface area contributed by atoms with E-state index in [1.54, 1.807) is 11.1 Å². The Kier molecular flexibility index (Phi) is 7.15. The fourth-order valence-electron chi connectivity index (χ4n) is 5.53. The van der Waals surface area contributed by atoms with Gasteiger partial charge >= 0.3 is 6.09 Å². The number of likely N-dealkylation sites (tertiary alicyclic amines) is 1. The number of rotatable bonds is 6. The molecule has 1 aromatic carbocycles. The Morgan fingerprint density at radius 3 is 2.44 bits per heavy atom. The van der Waals surface area contributed by atoms with Gasteiger partial charge in [0.1, 0.15) is 23.5 Å². The lowest BCUT2D eigenvalue weighted by Gasteiger charge is -2.54. The Morgan fingerprint density at radius 2 is 1.82 bits per heavy atom. The van der Waals surface area contributed by atoms with Crippen molar-refractivity contribution in [3.8, 4) is 11.5 Å². The highest BCUT2D eigenvalue weighted by molar-refractivity contribution is 5.97. The third kappa shape index (κ3) is 5.94. The second-order valence-corrected chi connectivity index (χ2v) is 12.3. The first-order valence-corrected chi connectivity index (χ1v) is 13.8. The maximum absolute atomic E-state index is 14.3. The van der Waals surface area contributed by atoms with Crippen LogP contribution in [0.2, 0.25) is 0 Å². The molecule has 2 aromatic rings. The molecule has 210 valence electrons. The SMILES string of the molecule is CC(C)N(C(=O)c1cc(F)ccc1Oc1cncnc1N1CC2(CCN(C(=O)OC(C)(C)C)CC2)C1)C1CC1. The number of halogens is 1. The van der Waals surface area contributed by atoms with Crippen molar-refractivity contribution >= 4 is 17.8 Å². The molecule has 10 heteroatoms. The molecule has 9 nitrogen and oxygen atoms in total. The monoisotopic (exact) mass is 539 g/mol. The summed E-state index contributed by atoms with van der Waals surface area (Å²) in [5, 5.41) is 0. The summed E-state index contributed by atoms with van der Waals surface area (Å²) in [6.07, 6.45) is 6.47. The number of ether oxygens (including phenoxy) is 2. The largest absolute Gasteiger partial charge is 0.451 e. The van der Waals surface area contributed by atoms with Crippen molar-refractivity contribution in [2.45, 2.75) is 78.0 Å². The first kappa shape index (κ1) is 27.1. The van der Waals surface area contributed by atoms with Crippen LogP contribution in [0, 0.1) is 11.2 Å². The van der Waals surface area contributed by atoms with Crippen molar-refractivity contribution in [2.24, 2.45) is 5.41 Å². The van der Waals surface area contributed by atoms with Crippen LogP contribution in [0.25, 0.3) is 0 Å². The standard InChI is InChI=1S/C29H38FN5O4/c1-19(2)35(21-7-8-21)26(36)22-14-20(30)6-9-23(22)38-24-15-31-18-32-25(24)34-16-29(17-34)10-12-33(13-11-29)27(37)39-28(3,4)5/h6,9,14-15,18-19,21H,7-8,10-13,16-17H2,1-5H3. The Bertz CT molecular complexity index is 1220. The Morgan fingerprint density at radius 1 is 1.13 bits per heavy atom. The van der Waals surface area contributed by atoms with Crippen molar-refractivity contribution < 1.29 is 23.5 Å². The fourth-order valence-corrected chi connectivity index (χ4v) is 5.53. The van der Waals surface area contributed by atoms with E-state index in [9.17, 15) is 14.0 Å². The summed E-state index contributed by atoms with van der Waals surface area (Å²) in [7, 11) is 0. The number of anilines is 1. The lowest BCUT2D eigenvalue weighted by atomic mass is 9.72.